The summed E-state index contributed by atoms with van der Waals surface area (Å²) >= 11 is 1.82. The third kappa shape index (κ3) is 6.87. The van der Waals surface area contributed by atoms with Crippen molar-refractivity contribution >= 4 is 56.5 Å². The molecule has 0 saturated carbocycles. The summed E-state index contributed by atoms with van der Waals surface area (Å²) in [5.74, 6) is 0.917. The summed E-state index contributed by atoms with van der Waals surface area (Å²) in [6.45, 7) is 14.4. The highest BCUT2D eigenvalue weighted by Gasteiger charge is 2.17. The molecule has 0 unspecified atom stereocenters. The molecule has 0 radical (unpaired) electrons. The van der Waals surface area contributed by atoms with E-state index in [4.69, 9.17) is 0 Å². The van der Waals surface area contributed by atoms with Crippen LogP contribution in [0.25, 0.3) is 43.4 Å². The van der Waals surface area contributed by atoms with E-state index in [2.05, 4.69) is 166 Å². The van der Waals surface area contributed by atoms with E-state index in [-0.39, 0.29) is 0 Å². The summed E-state index contributed by atoms with van der Waals surface area (Å²) in [5.41, 5.74) is 8.63. The molecule has 0 fully saturated rings. The van der Waals surface area contributed by atoms with Crippen LogP contribution in [0.2, 0.25) is 0 Å². The van der Waals surface area contributed by atoms with Gasteiger partial charge in [-0.05, 0) is 93.7 Å². The second-order valence-electron chi connectivity index (χ2n) is 11.0. The van der Waals surface area contributed by atoms with E-state index < -0.39 is 0 Å². The van der Waals surface area contributed by atoms with Crippen molar-refractivity contribution in [1.29, 1.82) is 0 Å². The summed E-state index contributed by atoms with van der Waals surface area (Å²) in [5, 5.41) is 7.83. The fourth-order valence-corrected chi connectivity index (χ4v) is 7.00. The van der Waals surface area contributed by atoms with E-state index >= 15 is 0 Å². The molecule has 0 heterocycles. The zero-order chi connectivity index (χ0) is 31.8. The molecule has 0 aliphatic rings. The van der Waals surface area contributed by atoms with Crippen molar-refractivity contribution in [2.45, 2.75) is 45.3 Å². The van der Waals surface area contributed by atoms with Gasteiger partial charge in [-0.3, -0.25) is 4.99 Å². The molecule has 224 valence electrons. The molecule has 7 aromatic carbocycles. The van der Waals surface area contributed by atoms with Gasteiger partial charge in [-0.15, -0.1) is 11.8 Å². The zero-order valence-electron chi connectivity index (χ0n) is 27.0. The van der Waals surface area contributed by atoms with Crippen LogP contribution in [0.4, 0.5) is 5.69 Å². The molecule has 7 aromatic rings. The molecule has 1 nitrogen and oxygen atoms in total. The number of hydrogen-bond donors (Lipinski definition) is 0. The molecule has 0 atom stereocenters. The summed E-state index contributed by atoms with van der Waals surface area (Å²) < 4.78 is 0. The second-order valence-corrected chi connectivity index (χ2v) is 12.0. The van der Waals surface area contributed by atoms with Crippen molar-refractivity contribution in [1.82, 2.24) is 0 Å². The Morgan fingerprint density at radius 2 is 1.13 bits per heavy atom. The van der Waals surface area contributed by atoms with Crippen molar-refractivity contribution < 1.29 is 0 Å². The summed E-state index contributed by atoms with van der Waals surface area (Å²) in [6.07, 6.45) is 0. The van der Waals surface area contributed by atoms with Gasteiger partial charge in [0.25, 0.3) is 0 Å². The highest BCUT2D eigenvalue weighted by molar-refractivity contribution is 7.98. The maximum absolute atomic E-state index is 4.47. The van der Waals surface area contributed by atoms with Crippen molar-refractivity contribution in [3.8, 4) is 11.1 Å². The third-order valence-electron chi connectivity index (χ3n) is 8.16. The lowest BCUT2D eigenvalue weighted by atomic mass is 9.87. The van der Waals surface area contributed by atoms with Crippen LogP contribution in [0.15, 0.2) is 143 Å². The standard InChI is InChI=1S/C30H25NS.C11H10.C2H6/c1-20-23-13-7-8-14-25(23)26-15-9-10-16-27(26)29(20)24-17-18-28(30(31-3)21(24)2)32-19-22-11-5-4-6-12-22;1-9-6-7-10-4-2-3-5-11(10)8-9;1-2/h4-18H,3,19H2,1-2H3;2-8H,1H3;1-2H3. The number of aryl methyl sites for hydroxylation is 2. The molecule has 0 N–H and O–H groups in total. The lowest BCUT2D eigenvalue weighted by Crippen LogP contribution is -1.93. The van der Waals surface area contributed by atoms with Crippen LogP contribution in [0.5, 0.6) is 0 Å². The van der Waals surface area contributed by atoms with Crippen LogP contribution in [0.3, 0.4) is 0 Å². The molecular formula is C43H41NS. The fourth-order valence-electron chi connectivity index (χ4n) is 5.97. The maximum atomic E-state index is 4.47. The minimum Gasteiger partial charge on any atom is -0.263 e. The Labute approximate surface area is 272 Å². The first kappa shape index (κ1) is 31.8. The smallest absolute Gasteiger partial charge is 0.0793 e. The van der Waals surface area contributed by atoms with Crippen LogP contribution in [0.1, 0.15) is 36.1 Å². The van der Waals surface area contributed by atoms with Gasteiger partial charge in [-0.1, -0.05) is 147 Å². The highest BCUT2D eigenvalue weighted by Crippen LogP contribution is 2.44. The predicted molar refractivity (Wildman–Crippen MR) is 202 cm³/mol. The molecule has 45 heavy (non-hydrogen) atoms. The SMILES string of the molecule is C=Nc1c(SCc2ccccc2)ccc(-c2c(C)c3ccccc3c3ccccc23)c1C.CC.Cc1ccc2ccccc2c1. The van der Waals surface area contributed by atoms with Gasteiger partial charge in [-0.25, -0.2) is 0 Å². The van der Waals surface area contributed by atoms with Gasteiger partial charge < -0.3 is 0 Å². The third-order valence-corrected chi connectivity index (χ3v) is 9.27. The molecule has 2 heteroatoms. The van der Waals surface area contributed by atoms with Gasteiger partial charge in [0.15, 0.2) is 0 Å². The summed E-state index contributed by atoms with van der Waals surface area (Å²) in [4.78, 5) is 5.64. The van der Waals surface area contributed by atoms with Gasteiger partial charge >= 0.3 is 0 Å². The molecule has 0 bridgehead atoms. The number of thioether (sulfide) groups is 1. The number of nitrogens with zero attached hydrogens (tertiary/aromatic N) is 1. The molecule has 0 aliphatic heterocycles. The Bertz CT molecular complexity index is 2070. The predicted octanol–water partition coefficient (Wildman–Crippen LogP) is 13.1. The summed E-state index contributed by atoms with van der Waals surface area (Å²) in [7, 11) is 0. The molecule has 0 saturated heterocycles. The van der Waals surface area contributed by atoms with E-state index in [1.165, 1.54) is 70.6 Å². The number of rotatable bonds is 5. The largest absolute Gasteiger partial charge is 0.263 e. The molecular weight excluding hydrogens is 563 g/mol. The minimum absolute atomic E-state index is 0.917. The van der Waals surface area contributed by atoms with Crippen LogP contribution >= 0.6 is 11.8 Å². The van der Waals surface area contributed by atoms with Crippen LogP contribution < -0.4 is 0 Å². The number of aliphatic imine (C=N–C) groups is 1. The fraction of sp³-hybridized carbons (Fsp3) is 0.140. The molecule has 0 amide bonds. The Morgan fingerprint density at radius 3 is 1.82 bits per heavy atom. The highest BCUT2D eigenvalue weighted by atomic mass is 32.2. The monoisotopic (exact) mass is 603 g/mol. The van der Waals surface area contributed by atoms with Crippen molar-refractivity contribution in [2.24, 2.45) is 4.99 Å². The van der Waals surface area contributed by atoms with Crippen LogP contribution in [0, 0.1) is 20.8 Å². The molecule has 7 rings (SSSR count). The Hall–Kier alpha value is -4.66. The van der Waals surface area contributed by atoms with Gasteiger partial charge in [0.1, 0.15) is 0 Å². The van der Waals surface area contributed by atoms with Crippen molar-refractivity contribution in [3.05, 3.63) is 156 Å². The number of fused-ring (bicyclic) bond motifs is 4. The zero-order valence-corrected chi connectivity index (χ0v) is 27.8. The summed E-state index contributed by atoms with van der Waals surface area (Å²) in [6, 6.07) is 47.4. The van der Waals surface area contributed by atoms with Crippen molar-refractivity contribution in [2.75, 3.05) is 0 Å². The lowest BCUT2D eigenvalue weighted by Gasteiger charge is -2.19. The Kier molecular flexibility index (Phi) is 10.5. The average molecular weight is 604 g/mol. The van der Waals surface area contributed by atoms with E-state index in [0.717, 1.165) is 11.4 Å². The maximum Gasteiger partial charge on any atom is 0.0793 e. The van der Waals surface area contributed by atoms with Gasteiger partial charge in [0.2, 0.25) is 0 Å². The normalized spacial score (nSPS) is 10.6. The molecule has 0 spiro atoms. The molecule has 0 aliphatic carbocycles. The number of hydrogen-bond acceptors (Lipinski definition) is 2. The quantitative estimate of drug-likeness (QED) is 0.108. The Balaban J connectivity index is 0.000000257. The van der Waals surface area contributed by atoms with E-state index in [0.29, 0.717) is 0 Å². The topological polar surface area (TPSA) is 12.4 Å². The van der Waals surface area contributed by atoms with Crippen LogP contribution in [-0.4, -0.2) is 6.72 Å². The van der Waals surface area contributed by atoms with Gasteiger partial charge in [0, 0.05) is 10.6 Å². The second kappa shape index (κ2) is 14.9. The van der Waals surface area contributed by atoms with Crippen LogP contribution in [-0.2, 0) is 5.75 Å². The minimum atomic E-state index is 0.917. The van der Waals surface area contributed by atoms with Crippen molar-refractivity contribution in [3.63, 3.8) is 0 Å². The van der Waals surface area contributed by atoms with Gasteiger partial charge in [-0.2, -0.15) is 0 Å². The first-order valence-corrected chi connectivity index (χ1v) is 16.7. The average Bonchev–Trinajstić information content (AvgIpc) is 3.10. The van der Waals surface area contributed by atoms with E-state index in [1.807, 2.05) is 25.6 Å². The Morgan fingerprint density at radius 1 is 0.556 bits per heavy atom. The van der Waals surface area contributed by atoms with E-state index in [1.54, 1.807) is 0 Å². The molecule has 0 aromatic heterocycles. The van der Waals surface area contributed by atoms with E-state index in [9.17, 15) is 0 Å². The first-order chi connectivity index (χ1) is 22.0. The lowest BCUT2D eigenvalue weighted by molar-refractivity contribution is 1.30. The number of benzene rings is 7. The van der Waals surface area contributed by atoms with Gasteiger partial charge in [0.05, 0.1) is 5.69 Å². The first-order valence-electron chi connectivity index (χ1n) is 15.7.